The number of hydrogen-bond acceptors (Lipinski definition) is 3. The molecule has 1 unspecified atom stereocenters. The molecular weight excluding hydrogens is 248 g/mol. The Morgan fingerprint density at radius 2 is 1.79 bits per heavy atom. The van der Waals surface area contributed by atoms with Gasteiger partial charge in [-0.1, -0.05) is 13.8 Å². The van der Waals surface area contributed by atoms with Gasteiger partial charge in [0.1, 0.15) is 11.8 Å². The topological polar surface area (TPSA) is 87.7 Å². The summed E-state index contributed by atoms with van der Waals surface area (Å²) in [6.07, 6.45) is 0. The number of anilines is 1. The number of carbonyl (C=O) groups is 2. The summed E-state index contributed by atoms with van der Waals surface area (Å²) in [5.74, 6) is -0.574. The average Bonchev–Trinajstić information content (AvgIpc) is 2.36. The lowest BCUT2D eigenvalue weighted by molar-refractivity contribution is -0.140. The van der Waals surface area contributed by atoms with Crippen molar-refractivity contribution in [3.05, 3.63) is 24.3 Å². The van der Waals surface area contributed by atoms with E-state index in [9.17, 15) is 9.59 Å². The van der Waals surface area contributed by atoms with Crippen LogP contribution in [0.4, 0.5) is 10.5 Å². The first-order valence-corrected chi connectivity index (χ1v) is 5.88. The standard InChI is InChI=1S/C13H18N2O4/c1-8(2)11(12(16)17)15-13(18)14-9-4-6-10(19-3)7-5-9/h4-8,11H,1-3H3,(H,16,17)(H2,14,15,18). The van der Waals surface area contributed by atoms with E-state index < -0.39 is 18.0 Å². The molecule has 1 rings (SSSR count). The van der Waals surface area contributed by atoms with Crippen LogP contribution in [-0.2, 0) is 4.79 Å². The van der Waals surface area contributed by atoms with Crippen LogP contribution in [0.3, 0.4) is 0 Å². The molecule has 0 aliphatic carbocycles. The molecule has 6 nitrogen and oxygen atoms in total. The van der Waals surface area contributed by atoms with Crippen LogP contribution in [0.25, 0.3) is 0 Å². The van der Waals surface area contributed by atoms with Crippen LogP contribution in [-0.4, -0.2) is 30.3 Å². The summed E-state index contributed by atoms with van der Waals surface area (Å²) in [5, 5.41) is 13.9. The molecule has 1 aromatic carbocycles. The van der Waals surface area contributed by atoms with Crippen LogP contribution in [0, 0.1) is 5.92 Å². The van der Waals surface area contributed by atoms with Gasteiger partial charge < -0.3 is 20.5 Å². The molecule has 0 aromatic heterocycles. The molecule has 0 aliphatic rings. The SMILES string of the molecule is COc1ccc(NC(=O)NC(C(=O)O)C(C)C)cc1. The van der Waals surface area contributed by atoms with E-state index in [-0.39, 0.29) is 5.92 Å². The van der Waals surface area contributed by atoms with Crippen molar-refractivity contribution in [1.82, 2.24) is 5.32 Å². The Morgan fingerprint density at radius 1 is 1.21 bits per heavy atom. The van der Waals surface area contributed by atoms with Crippen molar-refractivity contribution in [3.63, 3.8) is 0 Å². The van der Waals surface area contributed by atoms with Crippen molar-refractivity contribution in [2.45, 2.75) is 19.9 Å². The minimum absolute atomic E-state index is 0.195. The second-order valence-corrected chi connectivity index (χ2v) is 4.39. The summed E-state index contributed by atoms with van der Waals surface area (Å²) in [6, 6.07) is 5.27. The lowest BCUT2D eigenvalue weighted by Crippen LogP contribution is -2.46. The van der Waals surface area contributed by atoms with Crippen LogP contribution in [0.5, 0.6) is 5.75 Å². The maximum atomic E-state index is 11.7. The number of nitrogens with one attached hydrogen (secondary N) is 2. The first-order valence-electron chi connectivity index (χ1n) is 5.88. The summed E-state index contributed by atoms with van der Waals surface area (Å²) in [5.41, 5.74) is 0.561. The lowest BCUT2D eigenvalue weighted by atomic mass is 10.1. The number of amides is 2. The Balaban J connectivity index is 2.61. The van der Waals surface area contributed by atoms with Gasteiger partial charge in [-0.3, -0.25) is 0 Å². The maximum Gasteiger partial charge on any atom is 0.326 e. The predicted molar refractivity (Wildman–Crippen MR) is 71.4 cm³/mol. The number of rotatable bonds is 5. The van der Waals surface area contributed by atoms with E-state index in [0.29, 0.717) is 11.4 Å². The largest absolute Gasteiger partial charge is 0.497 e. The molecule has 19 heavy (non-hydrogen) atoms. The van der Waals surface area contributed by atoms with Gasteiger partial charge in [-0.2, -0.15) is 0 Å². The highest BCUT2D eigenvalue weighted by atomic mass is 16.5. The highest BCUT2D eigenvalue weighted by molar-refractivity contribution is 5.92. The molecule has 0 fully saturated rings. The second-order valence-electron chi connectivity index (χ2n) is 4.39. The van der Waals surface area contributed by atoms with E-state index in [1.54, 1.807) is 45.2 Å². The molecule has 2 amide bonds. The Hall–Kier alpha value is -2.24. The molecule has 0 heterocycles. The third kappa shape index (κ3) is 4.50. The number of methoxy groups -OCH3 is 1. The first-order chi connectivity index (χ1) is 8.93. The highest BCUT2D eigenvalue weighted by Gasteiger charge is 2.23. The molecule has 6 heteroatoms. The summed E-state index contributed by atoms with van der Waals surface area (Å²) in [6.45, 7) is 3.46. The molecular formula is C13H18N2O4. The van der Waals surface area contributed by atoms with Gasteiger partial charge in [0, 0.05) is 5.69 Å². The number of carboxylic acids is 1. The molecule has 3 N–H and O–H groups in total. The summed E-state index contributed by atoms with van der Waals surface area (Å²) >= 11 is 0. The maximum absolute atomic E-state index is 11.7. The third-order valence-corrected chi connectivity index (χ3v) is 2.57. The normalized spacial score (nSPS) is 11.8. The molecule has 104 valence electrons. The van der Waals surface area contributed by atoms with Crippen molar-refractivity contribution < 1.29 is 19.4 Å². The number of urea groups is 1. The quantitative estimate of drug-likeness (QED) is 0.759. The number of aliphatic carboxylic acids is 1. The number of carbonyl (C=O) groups excluding carboxylic acids is 1. The third-order valence-electron chi connectivity index (χ3n) is 2.57. The van der Waals surface area contributed by atoms with Crippen LogP contribution >= 0.6 is 0 Å². The van der Waals surface area contributed by atoms with E-state index in [1.165, 1.54) is 0 Å². The first kappa shape index (κ1) is 14.8. The van der Waals surface area contributed by atoms with Crippen LogP contribution < -0.4 is 15.4 Å². The Labute approximate surface area is 111 Å². The van der Waals surface area contributed by atoms with Crippen molar-refractivity contribution in [2.75, 3.05) is 12.4 Å². The second kappa shape index (κ2) is 6.63. The zero-order valence-electron chi connectivity index (χ0n) is 11.1. The van der Waals surface area contributed by atoms with Gasteiger partial charge >= 0.3 is 12.0 Å². The minimum Gasteiger partial charge on any atom is -0.497 e. The number of ether oxygens (including phenoxy) is 1. The Kier molecular flexibility index (Phi) is 5.17. The van der Waals surface area contributed by atoms with Gasteiger partial charge in [-0.05, 0) is 30.2 Å². The van der Waals surface area contributed by atoms with Crippen LogP contribution in [0.15, 0.2) is 24.3 Å². The van der Waals surface area contributed by atoms with E-state index in [1.807, 2.05) is 0 Å². The lowest BCUT2D eigenvalue weighted by Gasteiger charge is -2.18. The molecule has 0 radical (unpaired) electrons. The molecule has 0 spiro atoms. The van der Waals surface area contributed by atoms with Gasteiger partial charge in [-0.15, -0.1) is 0 Å². The summed E-state index contributed by atoms with van der Waals surface area (Å²) in [4.78, 5) is 22.6. The average molecular weight is 266 g/mol. The zero-order valence-corrected chi connectivity index (χ0v) is 11.1. The molecule has 0 bridgehead atoms. The molecule has 0 aliphatic heterocycles. The molecule has 1 aromatic rings. The van der Waals surface area contributed by atoms with E-state index in [4.69, 9.17) is 9.84 Å². The van der Waals surface area contributed by atoms with Crippen LogP contribution in [0.1, 0.15) is 13.8 Å². The van der Waals surface area contributed by atoms with Gasteiger partial charge in [0.2, 0.25) is 0 Å². The fourth-order valence-electron chi connectivity index (χ4n) is 1.50. The fourth-order valence-corrected chi connectivity index (χ4v) is 1.50. The highest BCUT2D eigenvalue weighted by Crippen LogP contribution is 2.14. The van der Waals surface area contributed by atoms with Gasteiger partial charge in [0.25, 0.3) is 0 Å². The minimum atomic E-state index is -1.06. The Morgan fingerprint density at radius 3 is 2.21 bits per heavy atom. The monoisotopic (exact) mass is 266 g/mol. The van der Waals surface area contributed by atoms with E-state index >= 15 is 0 Å². The van der Waals surface area contributed by atoms with E-state index in [2.05, 4.69) is 10.6 Å². The molecule has 1 atom stereocenters. The van der Waals surface area contributed by atoms with Gasteiger partial charge in [0.15, 0.2) is 0 Å². The number of carboxylic acid groups (broad SMARTS) is 1. The predicted octanol–water partition coefficient (Wildman–Crippen LogP) is 1.93. The fraction of sp³-hybridized carbons (Fsp3) is 0.385. The van der Waals surface area contributed by atoms with Crippen LogP contribution in [0.2, 0.25) is 0 Å². The zero-order chi connectivity index (χ0) is 14.4. The van der Waals surface area contributed by atoms with Gasteiger partial charge in [0.05, 0.1) is 7.11 Å². The molecule has 0 saturated carbocycles. The van der Waals surface area contributed by atoms with Crippen molar-refractivity contribution in [2.24, 2.45) is 5.92 Å². The van der Waals surface area contributed by atoms with Crippen molar-refractivity contribution >= 4 is 17.7 Å². The number of benzene rings is 1. The van der Waals surface area contributed by atoms with Crippen molar-refractivity contribution in [3.8, 4) is 5.75 Å². The Bertz CT molecular complexity index is 442. The van der Waals surface area contributed by atoms with E-state index in [0.717, 1.165) is 0 Å². The summed E-state index contributed by atoms with van der Waals surface area (Å²) < 4.78 is 5.00. The summed E-state index contributed by atoms with van der Waals surface area (Å²) in [7, 11) is 1.55. The molecule has 0 saturated heterocycles. The number of hydrogen-bond donors (Lipinski definition) is 3. The van der Waals surface area contributed by atoms with Crippen molar-refractivity contribution in [1.29, 1.82) is 0 Å². The smallest absolute Gasteiger partial charge is 0.326 e. The van der Waals surface area contributed by atoms with Gasteiger partial charge in [-0.25, -0.2) is 9.59 Å².